The first-order valence-corrected chi connectivity index (χ1v) is 7.54. The van der Waals surface area contributed by atoms with E-state index >= 15 is 0 Å². The number of halogens is 1. The molecule has 8 heteroatoms. The highest BCUT2D eigenvalue weighted by Gasteiger charge is 2.21. The van der Waals surface area contributed by atoms with Crippen LogP contribution in [0, 0.1) is 5.82 Å². The molecule has 0 fully saturated rings. The summed E-state index contributed by atoms with van der Waals surface area (Å²) in [6.45, 7) is 3.38. The maximum Gasteiger partial charge on any atom is 0.328 e. The van der Waals surface area contributed by atoms with Crippen molar-refractivity contribution in [1.82, 2.24) is 4.31 Å². The van der Waals surface area contributed by atoms with E-state index in [1.165, 1.54) is 25.3 Å². The molecule has 1 aromatic carbocycles. The molecule has 0 bridgehead atoms. The summed E-state index contributed by atoms with van der Waals surface area (Å²) < 4.78 is 41.0. The van der Waals surface area contributed by atoms with Gasteiger partial charge >= 0.3 is 16.2 Å². The maximum atomic E-state index is 13.8. The van der Waals surface area contributed by atoms with Crippen LogP contribution in [-0.2, 0) is 15.0 Å². The Morgan fingerprint density at radius 1 is 1.43 bits per heavy atom. The van der Waals surface area contributed by atoms with Gasteiger partial charge in [0, 0.05) is 19.2 Å². The molecular formula is C13H17FN2O4S. The van der Waals surface area contributed by atoms with Crippen molar-refractivity contribution < 1.29 is 22.7 Å². The second kappa shape index (κ2) is 6.68. The zero-order valence-electron chi connectivity index (χ0n) is 11.9. The van der Waals surface area contributed by atoms with Crippen molar-refractivity contribution in [2.75, 3.05) is 11.8 Å². The third kappa shape index (κ3) is 4.83. The Morgan fingerprint density at radius 2 is 2.05 bits per heavy atom. The number of carboxylic acids is 1. The number of nitrogens with one attached hydrogen (secondary N) is 1. The van der Waals surface area contributed by atoms with Gasteiger partial charge in [-0.2, -0.15) is 12.7 Å². The van der Waals surface area contributed by atoms with Crippen molar-refractivity contribution in [2.45, 2.75) is 19.9 Å². The largest absolute Gasteiger partial charge is 0.478 e. The first-order valence-electron chi connectivity index (χ1n) is 6.10. The second-order valence-electron chi connectivity index (χ2n) is 4.63. The highest BCUT2D eigenvalue weighted by atomic mass is 32.2. The molecule has 0 amide bonds. The van der Waals surface area contributed by atoms with E-state index in [4.69, 9.17) is 5.11 Å². The van der Waals surface area contributed by atoms with Crippen LogP contribution >= 0.6 is 0 Å². The minimum Gasteiger partial charge on any atom is -0.478 e. The number of carboxylic acid groups (broad SMARTS) is 1. The molecular weight excluding hydrogens is 299 g/mol. The number of hydrogen-bond acceptors (Lipinski definition) is 3. The molecule has 0 radical (unpaired) electrons. The summed E-state index contributed by atoms with van der Waals surface area (Å²) in [4.78, 5) is 10.4. The highest BCUT2D eigenvalue weighted by molar-refractivity contribution is 7.90. The van der Waals surface area contributed by atoms with Crippen LogP contribution in [0.25, 0.3) is 6.08 Å². The van der Waals surface area contributed by atoms with E-state index in [-0.39, 0.29) is 11.7 Å². The molecule has 21 heavy (non-hydrogen) atoms. The van der Waals surface area contributed by atoms with Crippen molar-refractivity contribution in [3.63, 3.8) is 0 Å². The molecule has 0 saturated carbocycles. The predicted octanol–water partition coefficient (Wildman–Crippen LogP) is 1.92. The van der Waals surface area contributed by atoms with Gasteiger partial charge in [0.1, 0.15) is 5.82 Å². The first kappa shape index (κ1) is 17.1. The number of anilines is 1. The van der Waals surface area contributed by atoms with Crippen molar-refractivity contribution in [1.29, 1.82) is 0 Å². The molecule has 116 valence electrons. The SMILES string of the molecule is CC(C)N(C)S(=O)(=O)Nc1ccc(C=CC(=O)O)cc1F. The van der Waals surface area contributed by atoms with E-state index in [0.29, 0.717) is 5.56 Å². The Kier molecular flexibility index (Phi) is 5.45. The Balaban J connectivity index is 2.99. The minimum absolute atomic E-state index is 0.199. The van der Waals surface area contributed by atoms with Gasteiger partial charge in [0.2, 0.25) is 0 Å². The zero-order valence-corrected chi connectivity index (χ0v) is 12.7. The van der Waals surface area contributed by atoms with E-state index in [1.807, 2.05) is 0 Å². The summed E-state index contributed by atoms with van der Waals surface area (Å²) in [6.07, 6.45) is 2.08. The average Bonchev–Trinajstić information content (AvgIpc) is 2.38. The molecule has 1 aromatic rings. The highest BCUT2D eigenvalue weighted by Crippen LogP contribution is 2.19. The third-order valence-corrected chi connectivity index (χ3v) is 4.41. The van der Waals surface area contributed by atoms with Gasteiger partial charge in [0.15, 0.2) is 0 Å². The van der Waals surface area contributed by atoms with Crippen LogP contribution in [0.15, 0.2) is 24.3 Å². The molecule has 0 aliphatic rings. The quantitative estimate of drug-likeness (QED) is 0.785. The van der Waals surface area contributed by atoms with Gasteiger partial charge in [0.05, 0.1) is 5.69 Å². The van der Waals surface area contributed by atoms with E-state index < -0.39 is 22.0 Å². The van der Waals surface area contributed by atoms with Crippen LogP contribution in [0.1, 0.15) is 19.4 Å². The molecule has 0 spiro atoms. The molecule has 1 rings (SSSR count). The van der Waals surface area contributed by atoms with Gasteiger partial charge in [-0.15, -0.1) is 0 Å². The lowest BCUT2D eigenvalue weighted by Gasteiger charge is -2.21. The third-order valence-electron chi connectivity index (χ3n) is 2.76. The lowest BCUT2D eigenvalue weighted by molar-refractivity contribution is -0.131. The number of carbonyl (C=O) groups is 1. The van der Waals surface area contributed by atoms with E-state index in [9.17, 15) is 17.6 Å². The summed E-state index contributed by atoms with van der Waals surface area (Å²) in [5, 5.41) is 8.49. The molecule has 0 aliphatic heterocycles. The Hall–Kier alpha value is -1.93. The molecule has 2 N–H and O–H groups in total. The standard InChI is InChI=1S/C13H17FN2O4S/c1-9(2)16(3)21(19,20)15-12-6-4-10(8-11(12)14)5-7-13(17)18/h4-9,15H,1-3H3,(H,17,18). The van der Waals surface area contributed by atoms with E-state index in [2.05, 4.69) is 4.72 Å². The van der Waals surface area contributed by atoms with Crippen LogP contribution in [0.4, 0.5) is 10.1 Å². The lowest BCUT2D eigenvalue weighted by Crippen LogP contribution is -2.37. The van der Waals surface area contributed by atoms with Crippen LogP contribution < -0.4 is 4.72 Å². The molecule has 0 atom stereocenters. The number of aliphatic carboxylic acids is 1. The van der Waals surface area contributed by atoms with Crippen LogP contribution in [0.3, 0.4) is 0 Å². The smallest absolute Gasteiger partial charge is 0.328 e. The summed E-state index contributed by atoms with van der Waals surface area (Å²) in [7, 11) is -2.46. The van der Waals surface area contributed by atoms with Gasteiger partial charge < -0.3 is 5.11 Å². The van der Waals surface area contributed by atoms with Gasteiger partial charge in [-0.05, 0) is 37.6 Å². The monoisotopic (exact) mass is 316 g/mol. The number of rotatable bonds is 6. The molecule has 6 nitrogen and oxygen atoms in total. The normalized spacial score (nSPS) is 12.3. The fourth-order valence-electron chi connectivity index (χ4n) is 1.37. The molecule has 0 aromatic heterocycles. The number of hydrogen-bond donors (Lipinski definition) is 2. The Morgan fingerprint density at radius 3 is 2.52 bits per heavy atom. The Labute approximate surface area is 123 Å². The van der Waals surface area contributed by atoms with Crippen LogP contribution in [0.5, 0.6) is 0 Å². The summed E-state index contributed by atoms with van der Waals surface area (Å²) >= 11 is 0. The van der Waals surface area contributed by atoms with E-state index in [0.717, 1.165) is 16.4 Å². The van der Waals surface area contributed by atoms with Gasteiger partial charge in [0.25, 0.3) is 0 Å². The number of nitrogens with zero attached hydrogens (tertiary/aromatic N) is 1. The fourth-order valence-corrected chi connectivity index (χ4v) is 2.52. The summed E-state index contributed by atoms with van der Waals surface area (Å²) in [6, 6.07) is 3.42. The maximum absolute atomic E-state index is 13.8. The molecule has 0 saturated heterocycles. The lowest BCUT2D eigenvalue weighted by atomic mass is 10.2. The summed E-state index contributed by atoms with van der Waals surface area (Å²) in [5.41, 5.74) is 0.116. The van der Waals surface area contributed by atoms with Crippen molar-refractivity contribution in [3.05, 3.63) is 35.7 Å². The topological polar surface area (TPSA) is 86.7 Å². The van der Waals surface area contributed by atoms with Gasteiger partial charge in [-0.25, -0.2) is 9.18 Å². The van der Waals surface area contributed by atoms with Crippen LogP contribution in [0.2, 0.25) is 0 Å². The van der Waals surface area contributed by atoms with Crippen molar-refractivity contribution in [2.24, 2.45) is 0 Å². The molecule has 0 unspecified atom stereocenters. The minimum atomic E-state index is -3.84. The average molecular weight is 316 g/mol. The van der Waals surface area contributed by atoms with Gasteiger partial charge in [-0.1, -0.05) is 6.07 Å². The van der Waals surface area contributed by atoms with Crippen molar-refractivity contribution >= 4 is 27.9 Å². The molecule has 0 heterocycles. The first-order chi connectivity index (χ1) is 9.63. The molecule has 0 aliphatic carbocycles. The predicted molar refractivity (Wildman–Crippen MR) is 78.5 cm³/mol. The summed E-state index contributed by atoms with van der Waals surface area (Å²) in [5.74, 6) is -1.94. The zero-order chi connectivity index (χ0) is 16.2. The number of benzene rings is 1. The Bertz CT molecular complexity index is 656. The van der Waals surface area contributed by atoms with E-state index in [1.54, 1.807) is 13.8 Å². The van der Waals surface area contributed by atoms with Gasteiger partial charge in [-0.3, -0.25) is 4.72 Å². The van der Waals surface area contributed by atoms with Crippen LogP contribution in [-0.4, -0.2) is 36.9 Å². The second-order valence-corrected chi connectivity index (χ2v) is 6.36. The van der Waals surface area contributed by atoms with Crippen molar-refractivity contribution in [3.8, 4) is 0 Å². The fraction of sp³-hybridized carbons (Fsp3) is 0.308.